The van der Waals surface area contributed by atoms with Crippen LogP contribution in [0.2, 0.25) is 0 Å². The van der Waals surface area contributed by atoms with E-state index in [1.165, 1.54) is 30.4 Å². The highest BCUT2D eigenvalue weighted by atomic mass is 16.5. The van der Waals surface area contributed by atoms with Gasteiger partial charge >= 0.3 is 0 Å². The number of benzene rings is 1. The van der Waals surface area contributed by atoms with Gasteiger partial charge < -0.3 is 10.1 Å². The Kier molecular flexibility index (Phi) is 4.02. The van der Waals surface area contributed by atoms with Gasteiger partial charge in [-0.05, 0) is 55.2 Å². The van der Waals surface area contributed by atoms with Crippen molar-refractivity contribution in [2.24, 2.45) is 11.8 Å². The predicted octanol–water partition coefficient (Wildman–Crippen LogP) is 4.10. The minimum Gasteiger partial charge on any atom is -0.493 e. The lowest BCUT2D eigenvalue weighted by molar-refractivity contribution is 0.228. The second-order valence-electron chi connectivity index (χ2n) is 6.97. The molecule has 0 aromatic heterocycles. The van der Waals surface area contributed by atoms with Gasteiger partial charge in [0, 0.05) is 18.5 Å². The Morgan fingerprint density at radius 3 is 2.65 bits per heavy atom. The molecule has 2 aliphatic rings. The Hall–Kier alpha value is -1.02. The molecule has 1 saturated carbocycles. The zero-order valence-electron chi connectivity index (χ0n) is 13.0. The van der Waals surface area contributed by atoms with E-state index in [-0.39, 0.29) is 0 Å². The van der Waals surface area contributed by atoms with Gasteiger partial charge in [-0.3, -0.25) is 0 Å². The van der Waals surface area contributed by atoms with Gasteiger partial charge in [0.05, 0.1) is 6.61 Å². The molecule has 0 saturated heterocycles. The van der Waals surface area contributed by atoms with Gasteiger partial charge in [-0.25, -0.2) is 0 Å². The van der Waals surface area contributed by atoms with Crippen LogP contribution in [0.5, 0.6) is 5.75 Å². The van der Waals surface area contributed by atoms with Crippen LogP contribution < -0.4 is 10.1 Å². The summed E-state index contributed by atoms with van der Waals surface area (Å²) in [6.07, 6.45) is 5.10. The van der Waals surface area contributed by atoms with Crippen LogP contribution in [0.15, 0.2) is 18.2 Å². The lowest BCUT2D eigenvalue weighted by Gasteiger charge is -2.34. The molecule has 1 aromatic rings. The lowest BCUT2D eigenvalue weighted by atomic mass is 9.80. The van der Waals surface area contributed by atoms with Crippen molar-refractivity contribution in [2.45, 2.75) is 58.5 Å². The third-order valence-electron chi connectivity index (χ3n) is 4.88. The fourth-order valence-electron chi connectivity index (χ4n) is 4.01. The Labute approximate surface area is 122 Å². The molecular formula is C18H27NO. The van der Waals surface area contributed by atoms with E-state index >= 15 is 0 Å². The van der Waals surface area contributed by atoms with E-state index in [0.29, 0.717) is 12.1 Å². The van der Waals surface area contributed by atoms with Crippen molar-refractivity contribution in [3.63, 3.8) is 0 Å². The molecule has 110 valence electrons. The van der Waals surface area contributed by atoms with Gasteiger partial charge in [-0.1, -0.05) is 26.0 Å². The number of nitrogens with one attached hydrogen (secondary N) is 1. The molecule has 1 heterocycles. The van der Waals surface area contributed by atoms with Crippen molar-refractivity contribution in [3.8, 4) is 5.75 Å². The monoisotopic (exact) mass is 273 g/mol. The summed E-state index contributed by atoms with van der Waals surface area (Å²) in [5.41, 5.74) is 2.78. The predicted molar refractivity (Wildman–Crippen MR) is 83.2 cm³/mol. The number of hydrogen-bond acceptors (Lipinski definition) is 2. The summed E-state index contributed by atoms with van der Waals surface area (Å²) in [4.78, 5) is 0. The van der Waals surface area contributed by atoms with Gasteiger partial charge in [0.15, 0.2) is 0 Å². The maximum absolute atomic E-state index is 5.59. The average Bonchev–Trinajstić information content (AvgIpc) is 2.84. The molecule has 1 N–H and O–H groups in total. The molecule has 0 radical (unpaired) electrons. The zero-order chi connectivity index (χ0) is 14.1. The zero-order valence-corrected chi connectivity index (χ0v) is 13.0. The van der Waals surface area contributed by atoms with Crippen LogP contribution >= 0.6 is 0 Å². The summed E-state index contributed by atoms with van der Waals surface area (Å²) in [6.45, 7) is 7.92. The van der Waals surface area contributed by atoms with E-state index in [1.54, 1.807) is 0 Å². The smallest absolute Gasteiger partial charge is 0.122 e. The Balaban J connectivity index is 1.65. The van der Waals surface area contributed by atoms with E-state index in [2.05, 4.69) is 44.3 Å². The number of rotatable bonds is 3. The van der Waals surface area contributed by atoms with E-state index in [0.717, 1.165) is 30.6 Å². The molecule has 1 aromatic carbocycles. The van der Waals surface area contributed by atoms with Crippen LogP contribution in [0.3, 0.4) is 0 Å². The largest absolute Gasteiger partial charge is 0.493 e. The van der Waals surface area contributed by atoms with Crippen molar-refractivity contribution < 1.29 is 4.74 Å². The van der Waals surface area contributed by atoms with Crippen LogP contribution in [-0.4, -0.2) is 12.6 Å². The molecule has 3 unspecified atom stereocenters. The molecule has 1 aliphatic carbocycles. The van der Waals surface area contributed by atoms with E-state index in [4.69, 9.17) is 4.74 Å². The summed E-state index contributed by atoms with van der Waals surface area (Å²) in [6, 6.07) is 7.80. The molecule has 2 heteroatoms. The number of fused-ring (bicyclic) bond motifs is 1. The molecule has 2 nitrogen and oxygen atoms in total. The van der Waals surface area contributed by atoms with Crippen LogP contribution in [0.4, 0.5) is 0 Å². The third kappa shape index (κ3) is 3.01. The molecule has 3 atom stereocenters. The lowest BCUT2D eigenvalue weighted by Crippen LogP contribution is -2.37. The Morgan fingerprint density at radius 2 is 1.90 bits per heavy atom. The molecule has 0 amide bonds. The Bertz CT molecular complexity index is 460. The number of hydrogen-bond donors (Lipinski definition) is 1. The summed E-state index contributed by atoms with van der Waals surface area (Å²) < 4.78 is 5.59. The molecule has 20 heavy (non-hydrogen) atoms. The van der Waals surface area contributed by atoms with Gasteiger partial charge in [0.25, 0.3) is 0 Å². The first kappa shape index (κ1) is 13.9. The van der Waals surface area contributed by atoms with Crippen molar-refractivity contribution in [3.05, 3.63) is 29.3 Å². The fourth-order valence-corrected chi connectivity index (χ4v) is 4.01. The molecule has 1 fully saturated rings. The number of ether oxygens (including phenoxy) is 1. The summed E-state index contributed by atoms with van der Waals surface area (Å²) in [5.74, 6) is 2.80. The molecular weight excluding hydrogens is 246 g/mol. The first-order chi connectivity index (χ1) is 9.61. The molecule has 1 aliphatic heterocycles. The minimum atomic E-state index is 0.434. The first-order valence-corrected chi connectivity index (χ1v) is 8.13. The van der Waals surface area contributed by atoms with Crippen molar-refractivity contribution in [1.82, 2.24) is 5.32 Å². The molecule has 0 bridgehead atoms. The van der Waals surface area contributed by atoms with E-state index < -0.39 is 0 Å². The van der Waals surface area contributed by atoms with Gasteiger partial charge in [-0.2, -0.15) is 0 Å². The van der Waals surface area contributed by atoms with Crippen molar-refractivity contribution in [1.29, 1.82) is 0 Å². The third-order valence-corrected chi connectivity index (χ3v) is 4.88. The van der Waals surface area contributed by atoms with Crippen LogP contribution in [0.1, 0.15) is 57.2 Å². The van der Waals surface area contributed by atoms with Gasteiger partial charge in [-0.15, -0.1) is 0 Å². The SMILES string of the molecule is CC1CC(C)CC(NC(C)c2ccc3c(c2)CCO3)C1. The maximum atomic E-state index is 5.59. The van der Waals surface area contributed by atoms with Crippen LogP contribution in [0.25, 0.3) is 0 Å². The summed E-state index contributed by atoms with van der Waals surface area (Å²) in [7, 11) is 0. The topological polar surface area (TPSA) is 21.3 Å². The Morgan fingerprint density at radius 1 is 1.15 bits per heavy atom. The highest BCUT2D eigenvalue weighted by molar-refractivity contribution is 5.40. The summed E-state index contributed by atoms with van der Waals surface area (Å²) in [5, 5.41) is 3.85. The normalized spacial score (nSPS) is 30.6. The quantitative estimate of drug-likeness (QED) is 0.895. The van der Waals surface area contributed by atoms with Gasteiger partial charge in [0.2, 0.25) is 0 Å². The van der Waals surface area contributed by atoms with Gasteiger partial charge in [0.1, 0.15) is 5.75 Å². The molecule has 3 rings (SSSR count). The second-order valence-corrected chi connectivity index (χ2v) is 6.97. The average molecular weight is 273 g/mol. The van der Waals surface area contributed by atoms with Crippen LogP contribution in [-0.2, 0) is 6.42 Å². The molecule has 0 spiro atoms. The maximum Gasteiger partial charge on any atom is 0.122 e. The standard InChI is InChI=1S/C18H27NO/c1-12-8-13(2)10-17(9-12)19-14(3)15-4-5-18-16(11-15)6-7-20-18/h4-5,11-14,17,19H,6-10H2,1-3H3. The highest BCUT2D eigenvalue weighted by Crippen LogP contribution is 2.31. The summed E-state index contributed by atoms with van der Waals surface area (Å²) >= 11 is 0. The first-order valence-electron chi connectivity index (χ1n) is 8.13. The van der Waals surface area contributed by atoms with Crippen LogP contribution in [0, 0.1) is 11.8 Å². The van der Waals surface area contributed by atoms with E-state index in [1.807, 2.05) is 0 Å². The fraction of sp³-hybridized carbons (Fsp3) is 0.667. The van der Waals surface area contributed by atoms with E-state index in [9.17, 15) is 0 Å². The van der Waals surface area contributed by atoms with Crippen molar-refractivity contribution >= 4 is 0 Å². The minimum absolute atomic E-state index is 0.434. The second kappa shape index (κ2) is 5.77. The highest BCUT2D eigenvalue weighted by Gasteiger charge is 2.25. The van der Waals surface area contributed by atoms with Crippen molar-refractivity contribution in [2.75, 3.05) is 6.61 Å².